The zero-order valence-electron chi connectivity index (χ0n) is 7.40. The van der Waals surface area contributed by atoms with Gasteiger partial charge in [0.15, 0.2) is 0 Å². The van der Waals surface area contributed by atoms with Gasteiger partial charge < -0.3 is 10.3 Å². The van der Waals surface area contributed by atoms with Gasteiger partial charge in [-0.05, 0) is 18.4 Å². The maximum atomic E-state index is 5.78. The Hall–Kier alpha value is -1.16. The number of imidazole rings is 1. The molecule has 0 bridgehead atoms. The SMILES string of the molecule is CSCn1c(N)nc2ccccc21. The van der Waals surface area contributed by atoms with Gasteiger partial charge in [0.05, 0.1) is 16.9 Å². The van der Waals surface area contributed by atoms with Gasteiger partial charge >= 0.3 is 0 Å². The van der Waals surface area contributed by atoms with Crippen LogP contribution in [0.15, 0.2) is 24.3 Å². The standard InChI is InChI=1S/C9H11N3S/c1-13-6-12-8-5-3-2-4-7(8)11-9(12)10/h2-5H,6H2,1H3,(H2,10,11). The summed E-state index contributed by atoms with van der Waals surface area (Å²) in [6.07, 6.45) is 2.05. The van der Waals surface area contributed by atoms with E-state index < -0.39 is 0 Å². The van der Waals surface area contributed by atoms with Gasteiger partial charge in [0.1, 0.15) is 0 Å². The largest absolute Gasteiger partial charge is 0.369 e. The normalized spacial score (nSPS) is 10.8. The third-order valence-corrected chi connectivity index (χ3v) is 2.46. The highest BCUT2D eigenvalue weighted by molar-refractivity contribution is 7.97. The Morgan fingerprint density at radius 3 is 3.00 bits per heavy atom. The lowest BCUT2D eigenvalue weighted by Gasteiger charge is -2.02. The summed E-state index contributed by atoms with van der Waals surface area (Å²) in [5.41, 5.74) is 7.85. The first-order chi connectivity index (χ1) is 6.33. The molecule has 0 unspecified atom stereocenters. The number of nitrogens with zero attached hydrogens (tertiary/aromatic N) is 2. The van der Waals surface area contributed by atoms with Crippen LogP contribution in [0.3, 0.4) is 0 Å². The van der Waals surface area contributed by atoms with Gasteiger partial charge in [0.25, 0.3) is 0 Å². The Kier molecular flexibility index (Phi) is 2.14. The fourth-order valence-corrected chi connectivity index (χ4v) is 1.89. The summed E-state index contributed by atoms with van der Waals surface area (Å²) in [6, 6.07) is 7.98. The van der Waals surface area contributed by atoms with Gasteiger partial charge in [-0.1, -0.05) is 12.1 Å². The Bertz CT molecular complexity index is 422. The van der Waals surface area contributed by atoms with Gasteiger partial charge in [0, 0.05) is 0 Å². The molecule has 2 aromatic rings. The Balaban J connectivity index is 2.64. The van der Waals surface area contributed by atoms with Gasteiger partial charge in [-0.15, -0.1) is 11.8 Å². The number of thioether (sulfide) groups is 1. The Morgan fingerprint density at radius 2 is 2.23 bits per heavy atom. The summed E-state index contributed by atoms with van der Waals surface area (Å²) in [4.78, 5) is 4.26. The number of fused-ring (bicyclic) bond motifs is 1. The molecule has 0 aliphatic carbocycles. The van der Waals surface area contributed by atoms with Crippen molar-refractivity contribution in [3.05, 3.63) is 24.3 Å². The third-order valence-electron chi connectivity index (χ3n) is 1.94. The number of hydrogen-bond donors (Lipinski definition) is 1. The number of benzene rings is 1. The minimum atomic E-state index is 0.593. The van der Waals surface area contributed by atoms with E-state index in [0.717, 1.165) is 16.9 Å². The van der Waals surface area contributed by atoms with Crippen LogP contribution in [0.25, 0.3) is 11.0 Å². The van der Waals surface area contributed by atoms with Crippen LogP contribution in [0.5, 0.6) is 0 Å². The summed E-state index contributed by atoms with van der Waals surface area (Å²) in [7, 11) is 0. The molecular weight excluding hydrogens is 182 g/mol. The molecule has 0 aliphatic rings. The smallest absolute Gasteiger partial charge is 0.201 e. The van der Waals surface area contributed by atoms with Crippen molar-refractivity contribution < 1.29 is 0 Å². The second-order valence-electron chi connectivity index (χ2n) is 2.80. The number of nitrogen functional groups attached to an aromatic ring is 1. The van der Waals surface area contributed by atoms with E-state index in [-0.39, 0.29) is 0 Å². The monoisotopic (exact) mass is 193 g/mol. The molecule has 4 heteroatoms. The molecule has 13 heavy (non-hydrogen) atoms. The summed E-state index contributed by atoms with van der Waals surface area (Å²) in [5, 5.41) is 0. The van der Waals surface area contributed by atoms with Crippen molar-refractivity contribution in [1.29, 1.82) is 0 Å². The molecule has 68 valence electrons. The van der Waals surface area contributed by atoms with Gasteiger partial charge in [0.2, 0.25) is 5.95 Å². The third kappa shape index (κ3) is 1.37. The van der Waals surface area contributed by atoms with Crippen molar-refractivity contribution in [2.45, 2.75) is 5.88 Å². The second-order valence-corrected chi connectivity index (χ2v) is 3.64. The maximum absolute atomic E-state index is 5.78. The molecule has 0 saturated carbocycles. The van der Waals surface area contributed by atoms with E-state index in [9.17, 15) is 0 Å². The predicted molar refractivity (Wildman–Crippen MR) is 57.7 cm³/mol. The van der Waals surface area contributed by atoms with Crippen LogP contribution in [0.1, 0.15) is 0 Å². The van der Waals surface area contributed by atoms with Crippen LogP contribution in [0.2, 0.25) is 0 Å². The average molecular weight is 193 g/mol. The van der Waals surface area contributed by atoms with Crippen molar-refractivity contribution in [2.75, 3.05) is 12.0 Å². The highest BCUT2D eigenvalue weighted by Gasteiger charge is 2.05. The zero-order chi connectivity index (χ0) is 9.26. The number of hydrogen-bond acceptors (Lipinski definition) is 3. The van der Waals surface area contributed by atoms with E-state index in [2.05, 4.69) is 4.98 Å². The minimum absolute atomic E-state index is 0.593. The van der Waals surface area contributed by atoms with Gasteiger partial charge in [-0.25, -0.2) is 4.98 Å². The van der Waals surface area contributed by atoms with Crippen molar-refractivity contribution in [2.24, 2.45) is 0 Å². The summed E-state index contributed by atoms with van der Waals surface area (Å²) >= 11 is 1.73. The molecule has 3 nitrogen and oxygen atoms in total. The molecule has 1 heterocycles. The van der Waals surface area contributed by atoms with Crippen molar-refractivity contribution in [3.63, 3.8) is 0 Å². The Morgan fingerprint density at radius 1 is 1.46 bits per heavy atom. The quantitative estimate of drug-likeness (QED) is 0.792. The topological polar surface area (TPSA) is 43.8 Å². The first-order valence-electron chi connectivity index (χ1n) is 4.02. The molecule has 0 spiro atoms. The van der Waals surface area contributed by atoms with E-state index in [1.807, 2.05) is 35.1 Å². The Labute approximate surface area is 80.9 Å². The van der Waals surface area contributed by atoms with E-state index in [1.54, 1.807) is 11.8 Å². The van der Waals surface area contributed by atoms with E-state index in [1.165, 1.54) is 0 Å². The molecule has 0 saturated heterocycles. The fraction of sp³-hybridized carbons (Fsp3) is 0.222. The van der Waals surface area contributed by atoms with Gasteiger partial charge in [-0.2, -0.15) is 0 Å². The van der Waals surface area contributed by atoms with E-state index >= 15 is 0 Å². The molecule has 2 rings (SSSR count). The number of aromatic nitrogens is 2. The lowest BCUT2D eigenvalue weighted by atomic mass is 10.3. The number of rotatable bonds is 2. The maximum Gasteiger partial charge on any atom is 0.201 e. The van der Waals surface area contributed by atoms with Crippen molar-refractivity contribution in [3.8, 4) is 0 Å². The summed E-state index contributed by atoms with van der Waals surface area (Å²) in [5.74, 6) is 1.45. The van der Waals surface area contributed by atoms with Crippen LogP contribution in [0.4, 0.5) is 5.95 Å². The first kappa shape index (κ1) is 8.44. The second kappa shape index (κ2) is 3.30. The fourth-order valence-electron chi connectivity index (χ4n) is 1.36. The molecular formula is C9H11N3S. The van der Waals surface area contributed by atoms with E-state index in [0.29, 0.717) is 5.95 Å². The molecule has 0 fully saturated rings. The zero-order valence-corrected chi connectivity index (χ0v) is 8.21. The molecule has 0 atom stereocenters. The molecule has 1 aromatic carbocycles. The van der Waals surface area contributed by atoms with E-state index in [4.69, 9.17) is 5.73 Å². The lowest BCUT2D eigenvalue weighted by molar-refractivity contribution is 0.941. The highest BCUT2D eigenvalue weighted by atomic mass is 32.2. The molecule has 1 aromatic heterocycles. The van der Waals surface area contributed by atoms with Crippen LogP contribution in [0, 0.1) is 0 Å². The molecule has 0 radical (unpaired) electrons. The van der Waals surface area contributed by atoms with Crippen molar-refractivity contribution in [1.82, 2.24) is 9.55 Å². The average Bonchev–Trinajstić information content (AvgIpc) is 2.44. The molecule has 2 N–H and O–H groups in total. The van der Waals surface area contributed by atoms with Crippen LogP contribution < -0.4 is 5.73 Å². The minimum Gasteiger partial charge on any atom is -0.369 e. The summed E-state index contributed by atoms with van der Waals surface area (Å²) in [6.45, 7) is 0. The number of nitrogens with two attached hydrogens (primary N) is 1. The number of para-hydroxylation sites is 2. The van der Waals surface area contributed by atoms with Crippen molar-refractivity contribution >= 4 is 28.7 Å². The van der Waals surface area contributed by atoms with Crippen LogP contribution >= 0.6 is 11.8 Å². The molecule has 0 amide bonds. The summed E-state index contributed by atoms with van der Waals surface area (Å²) < 4.78 is 2.01. The van der Waals surface area contributed by atoms with Crippen LogP contribution in [-0.4, -0.2) is 15.8 Å². The number of anilines is 1. The van der Waals surface area contributed by atoms with Crippen LogP contribution in [-0.2, 0) is 5.88 Å². The predicted octanol–water partition coefficient (Wildman–Crippen LogP) is 1.94. The first-order valence-corrected chi connectivity index (χ1v) is 5.42. The highest BCUT2D eigenvalue weighted by Crippen LogP contribution is 2.18. The van der Waals surface area contributed by atoms with Gasteiger partial charge in [-0.3, -0.25) is 0 Å². The molecule has 0 aliphatic heterocycles. The lowest BCUT2D eigenvalue weighted by Crippen LogP contribution is -2.00.